The van der Waals surface area contributed by atoms with Gasteiger partial charge in [-0.15, -0.1) is 4.91 Å². The van der Waals surface area contributed by atoms with Crippen molar-refractivity contribution in [1.82, 2.24) is 9.97 Å². The van der Waals surface area contributed by atoms with E-state index in [4.69, 9.17) is 4.74 Å². The minimum atomic E-state index is -0.693. The highest BCUT2D eigenvalue weighted by atomic mass is 16.5. The Balaban J connectivity index is 1.97. The lowest BCUT2D eigenvalue weighted by Gasteiger charge is -2.20. The number of anilines is 2. The van der Waals surface area contributed by atoms with Crippen LogP contribution in [0.25, 0.3) is 11.4 Å². The van der Waals surface area contributed by atoms with Crippen molar-refractivity contribution < 1.29 is 14.3 Å². The van der Waals surface area contributed by atoms with Crippen LogP contribution in [-0.2, 0) is 4.79 Å². The predicted octanol–water partition coefficient (Wildman–Crippen LogP) is 3.76. The average molecular weight is 360 g/mol. The lowest BCUT2D eigenvalue weighted by molar-refractivity contribution is -0.115. The standard InChI is InChI=1S/C19H12N4O4/c1-11(24)23-15-9-13(22-26)7-8-16(15)27-19(25)14-10-20-17(21-18(14)23)12-5-3-2-4-6-12/h2-10H,1H3. The van der Waals surface area contributed by atoms with Crippen LogP contribution in [0.3, 0.4) is 0 Å². The van der Waals surface area contributed by atoms with Crippen LogP contribution in [0.1, 0.15) is 17.3 Å². The lowest BCUT2D eigenvalue weighted by atomic mass is 10.2. The molecule has 0 radical (unpaired) electrons. The molecular weight excluding hydrogens is 348 g/mol. The normalized spacial score (nSPS) is 12.5. The van der Waals surface area contributed by atoms with E-state index in [-0.39, 0.29) is 28.5 Å². The van der Waals surface area contributed by atoms with E-state index in [1.165, 1.54) is 36.2 Å². The molecular formula is C19H12N4O4. The molecule has 0 saturated carbocycles. The second-order valence-electron chi connectivity index (χ2n) is 5.78. The van der Waals surface area contributed by atoms with Crippen LogP contribution in [0, 0.1) is 4.91 Å². The smallest absolute Gasteiger partial charge is 0.349 e. The molecule has 1 amide bonds. The Morgan fingerprint density at radius 1 is 1.15 bits per heavy atom. The first-order valence-electron chi connectivity index (χ1n) is 8.01. The quantitative estimate of drug-likeness (QED) is 0.392. The first-order chi connectivity index (χ1) is 13.1. The van der Waals surface area contributed by atoms with Crippen molar-refractivity contribution >= 4 is 29.1 Å². The van der Waals surface area contributed by atoms with Crippen molar-refractivity contribution in [2.45, 2.75) is 6.92 Å². The number of aromatic nitrogens is 2. The third-order valence-electron chi connectivity index (χ3n) is 4.04. The van der Waals surface area contributed by atoms with Gasteiger partial charge >= 0.3 is 5.97 Å². The fourth-order valence-electron chi connectivity index (χ4n) is 2.82. The lowest BCUT2D eigenvalue weighted by Crippen LogP contribution is -2.25. The minimum Gasteiger partial charge on any atom is -0.421 e. The molecule has 0 fully saturated rings. The van der Waals surface area contributed by atoms with Gasteiger partial charge in [0.1, 0.15) is 11.3 Å². The van der Waals surface area contributed by atoms with Crippen molar-refractivity contribution in [3.8, 4) is 17.1 Å². The summed E-state index contributed by atoms with van der Waals surface area (Å²) in [5.74, 6) is -0.537. The van der Waals surface area contributed by atoms with Crippen molar-refractivity contribution in [1.29, 1.82) is 0 Å². The maximum atomic E-state index is 12.5. The second-order valence-corrected chi connectivity index (χ2v) is 5.78. The maximum absolute atomic E-state index is 12.5. The van der Waals surface area contributed by atoms with Crippen LogP contribution in [0.5, 0.6) is 5.75 Å². The number of amides is 1. The molecule has 3 aromatic rings. The highest BCUT2D eigenvalue weighted by Crippen LogP contribution is 2.41. The van der Waals surface area contributed by atoms with E-state index in [0.717, 1.165) is 5.56 Å². The Bertz CT molecular complexity index is 1080. The van der Waals surface area contributed by atoms with E-state index in [1.54, 1.807) is 0 Å². The summed E-state index contributed by atoms with van der Waals surface area (Å²) in [5, 5.41) is 2.88. The summed E-state index contributed by atoms with van der Waals surface area (Å²) >= 11 is 0. The van der Waals surface area contributed by atoms with E-state index >= 15 is 0 Å². The Kier molecular flexibility index (Phi) is 3.92. The molecule has 1 aliphatic heterocycles. The summed E-state index contributed by atoms with van der Waals surface area (Å²) in [7, 11) is 0. The number of esters is 1. The zero-order valence-electron chi connectivity index (χ0n) is 14.1. The molecule has 1 aromatic heterocycles. The number of carbonyl (C=O) groups is 2. The fourth-order valence-corrected chi connectivity index (χ4v) is 2.82. The summed E-state index contributed by atoms with van der Waals surface area (Å²) in [5.41, 5.74) is 1.08. The van der Waals surface area contributed by atoms with E-state index < -0.39 is 11.9 Å². The first kappa shape index (κ1) is 16.5. The molecule has 8 nitrogen and oxygen atoms in total. The molecule has 0 atom stereocenters. The largest absolute Gasteiger partial charge is 0.421 e. The molecule has 1 aliphatic rings. The zero-order chi connectivity index (χ0) is 19.0. The highest BCUT2D eigenvalue weighted by molar-refractivity contribution is 6.08. The summed E-state index contributed by atoms with van der Waals surface area (Å²) in [4.78, 5) is 45.7. The van der Waals surface area contributed by atoms with Gasteiger partial charge in [0.25, 0.3) is 0 Å². The Morgan fingerprint density at radius 3 is 2.63 bits per heavy atom. The van der Waals surface area contributed by atoms with Crippen LogP contribution in [0.4, 0.5) is 17.2 Å². The summed E-state index contributed by atoms with van der Waals surface area (Å²) in [6.07, 6.45) is 1.33. The third kappa shape index (κ3) is 2.82. The predicted molar refractivity (Wildman–Crippen MR) is 97.1 cm³/mol. The van der Waals surface area contributed by atoms with Gasteiger partial charge in [-0.05, 0) is 23.4 Å². The molecule has 0 bridgehead atoms. The van der Waals surface area contributed by atoms with Gasteiger partial charge < -0.3 is 4.74 Å². The van der Waals surface area contributed by atoms with E-state index in [0.29, 0.717) is 5.82 Å². The molecule has 2 aromatic carbocycles. The molecule has 0 unspecified atom stereocenters. The zero-order valence-corrected chi connectivity index (χ0v) is 14.1. The van der Waals surface area contributed by atoms with Gasteiger partial charge in [-0.2, -0.15) is 0 Å². The summed E-state index contributed by atoms with van der Waals surface area (Å²) in [6, 6.07) is 13.3. The SMILES string of the molecule is CC(=O)N1c2cc(N=O)ccc2OC(=O)c2cnc(-c3ccccc3)nc21. The van der Waals surface area contributed by atoms with Gasteiger partial charge in [0.15, 0.2) is 17.4 Å². The van der Waals surface area contributed by atoms with E-state index in [2.05, 4.69) is 15.1 Å². The molecule has 0 N–H and O–H groups in total. The number of carbonyl (C=O) groups excluding carboxylic acids is 2. The number of hydrogen-bond donors (Lipinski definition) is 0. The number of nitroso groups, excluding NO2 is 1. The molecule has 27 heavy (non-hydrogen) atoms. The second kappa shape index (κ2) is 6.41. The molecule has 132 valence electrons. The third-order valence-corrected chi connectivity index (χ3v) is 4.04. The number of ether oxygens (including phenoxy) is 1. The number of benzene rings is 2. The van der Waals surface area contributed by atoms with Gasteiger partial charge in [0, 0.05) is 18.7 Å². The van der Waals surface area contributed by atoms with Crippen LogP contribution in [-0.4, -0.2) is 21.8 Å². The number of nitrogens with zero attached hydrogens (tertiary/aromatic N) is 4. The Morgan fingerprint density at radius 2 is 1.93 bits per heavy atom. The molecule has 0 aliphatic carbocycles. The van der Waals surface area contributed by atoms with Gasteiger partial charge in [0.05, 0.1) is 5.69 Å². The van der Waals surface area contributed by atoms with Crippen molar-refractivity contribution in [2.75, 3.05) is 4.90 Å². The van der Waals surface area contributed by atoms with Crippen LogP contribution >= 0.6 is 0 Å². The number of rotatable bonds is 2. The van der Waals surface area contributed by atoms with Gasteiger partial charge in [-0.25, -0.2) is 14.8 Å². The minimum absolute atomic E-state index is 0.0432. The molecule has 0 saturated heterocycles. The molecule has 8 heteroatoms. The van der Waals surface area contributed by atoms with Crippen molar-refractivity contribution in [3.63, 3.8) is 0 Å². The number of hydrogen-bond acceptors (Lipinski definition) is 7. The number of fused-ring (bicyclic) bond motifs is 2. The molecule has 0 spiro atoms. The first-order valence-corrected chi connectivity index (χ1v) is 8.01. The van der Waals surface area contributed by atoms with Crippen LogP contribution in [0.15, 0.2) is 59.9 Å². The van der Waals surface area contributed by atoms with Crippen molar-refractivity contribution in [3.05, 3.63) is 65.2 Å². The van der Waals surface area contributed by atoms with Gasteiger partial charge in [-0.1, -0.05) is 30.3 Å². The molecule has 4 rings (SSSR count). The van der Waals surface area contributed by atoms with Gasteiger partial charge in [0.2, 0.25) is 5.91 Å². The highest BCUT2D eigenvalue weighted by Gasteiger charge is 2.32. The van der Waals surface area contributed by atoms with Crippen LogP contribution in [0.2, 0.25) is 0 Å². The Hall–Kier alpha value is -3.94. The van der Waals surface area contributed by atoms with Crippen molar-refractivity contribution in [2.24, 2.45) is 5.18 Å². The average Bonchev–Trinajstić information content (AvgIpc) is 2.81. The monoisotopic (exact) mass is 360 g/mol. The topological polar surface area (TPSA) is 102 Å². The van der Waals surface area contributed by atoms with E-state index in [1.807, 2.05) is 30.3 Å². The maximum Gasteiger partial charge on any atom is 0.349 e. The summed E-state index contributed by atoms with van der Waals surface area (Å²) < 4.78 is 5.35. The summed E-state index contributed by atoms with van der Waals surface area (Å²) in [6.45, 7) is 1.33. The van der Waals surface area contributed by atoms with Gasteiger partial charge in [-0.3, -0.25) is 9.69 Å². The van der Waals surface area contributed by atoms with Crippen LogP contribution < -0.4 is 9.64 Å². The van der Waals surface area contributed by atoms with E-state index in [9.17, 15) is 14.5 Å². The fraction of sp³-hybridized carbons (Fsp3) is 0.0526. The molecule has 2 heterocycles. The Labute approximate surface area is 153 Å².